The van der Waals surface area contributed by atoms with Crippen molar-refractivity contribution < 1.29 is 49.4 Å². The number of rotatable bonds is 0. The summed E-state index contributed by atoms with van der Waals surface area (Å²) in [6.07, 6.45) is -15.1. The van der Waals surface area contributed by atoms with Gasteiger partial charge >= 0.3 is 30.0 Å². The molecule has 3 nitrogen and oxygen atoms in total. The molecule has 0 aromatic heterocycles. The van der Waals surface area contributed by atoms with E-state index in [4.69, 9.17) is 0 Å². The molecule has 100 valence electrons. The zero-order valence-corrected chi connectivity index (χ0v) is 7.46. The Balaban J connectivity index is 3.33. The fraction of sp³-hybridized carbons (Fsp3) is 0.833. The van der Waals surface area contributed by atoms with E-state index in [-0.39, 0.29) is 0 Å². The van der Waals surface area contributed by atoms with Crippen LogP contribution in [0.3, 0.4) is 0 Å². The molecule has 2 unspecified atom stereocenters. The van der Waals surface area contributed by atoms with Crippen LogP contribution in [-0.4, -0.2) is 36.6 Å². The number of hydrogen-bond donors (Lipinski definition) is 0. The summed E-state index contributed by atoms with van der Waals surface area (Å²) in [6.45, 7) is -2.48. The highest BCUT2D eigenvalue weighted by Gasteiger charge is 2.84. The third-order valence-corrected chi connectivity index (χ3v) is 1.94. The summed E-state index contributed by atoms with van der Waals surface area (Å²) in [4.78, 5) is 10.2. The first-order valence-corrected chi connectivity index (χ1v) is 3.72. The largest absolute Gasteiger partial charge is 0.511 e. The Kier molecular flexibility index (Phi) is 2.72. The number of ether oxygens (including phenoxy) is 2. The third kappa shape index (κ3) is 1.76. The van der Waals surface area contributed by atoms with Crippen molar-refractivity contribution in [2.75, 3.05) is 6.61 Å². The van der Waals surface area contributed by atoms with Gasteiger partial charge in [0.25, 0.3) is 0 Å². The maximum atomic E-state index is 13.2. The maximum Gasteiger partial charge on any atom is 0.511 e. The van der Waals surface area contributed by atoms with Crippen molar-refractivity contribution in [1.29, 1.82) is 0 Å². The lowest BCUT2D eigenvalue weighted by Gasteiger charge is -2.41. The Bertz CT molecular complexity index is 335. The maximum absolute atomic E-state index is 13.2. The second-order valence-electron chi connectivity index (χ2n) is 3.03. The quantitative estimate of drug-likeness (QED) is 0.503. The molecule has 0 radical (unpaired) electrons. The molecular formula is C6H2F8O3. The smallest absolute Gasteiger partial charge is 0.430 e. The summed E-state index contributed by atoms with van der Waals surface area (Å²) in [5, 5.41) is 0. The van der Waals surface area contributed by atoms with Gasteiger partial charge in [0.15, 0.2) is 0 Å². The van der Waals surface area contributed by atoms with Crippen molar-refractivity contribution in [3.63, 3.8) is 0 Å². The molecule has 1 saturated heterocycles. The van der Waals surface area contributed by atoms with E-state index < -0.39 is 36.6 Å². The van der Waals surface area contributed by atoms with Crippen molar-refractivity contribution in [2.45, 2.75) is 23.9 Å². The van der Waals surface area contributed by atoms with E-state index >= 15 is 0 Å². The van der Waals surface area contributed by atoms with Crippen LogP contribution in [0.1, 0.15) is 0 Å². The van der Waals surface area contributed by atoms with E-state index in [1.165, 1.54) is 0 Å². The molecule has 1 aliphatic heterocycles. The Hall–Kier alpha value is -1.29. The molecule has 0 aliphatic carbocycles. The molecule has 0 saturated carbocycles. The molecule has 17 heavy (non-hydrogen) atoms. The van der Waals surface area contributed by atoms with Gasteiger partial charge in [-0.1, -0.05) is 0 Å². The first-order chi connectivity index (χ1) is 7.35. The van der Waals surface area contributed by atoms with Crippen LogP contribution in [0.2, 0.25) is 0 Å². The van der Waals surface area contributed by atoms with E-state index in [1.54, 1.807) is 0 Å². The standard InChI is InChI=1S/C6H2F8O3/c7-3(5(9,10)11)1-16-2(15)17-4(3,8)6(12,13)14/h1H2. The molecule has 0 aromatic rings. The second-order valence-corrected chi connectivity index (χ2v) is 3.03. The number of cyclic esters (lactones) is 2. The highest BCUT2D eigenvalue weighted by molar-refractivity contribution is 5.62. The molecule has 1 rings (SSSR count). The molecule has 0 N–H and O–H groups in total. The molecular weight excluding hydrogens is 272 g/mol. The van der Waals surface area contributed by atoms with Gasteiger partial charge in [-0.25, -0.2) is 9.18 Å². The minimum Gasteiger partial charge on any atom is -0.430 e. The van der Waals surface area contributed by atoms with Crippen molar-refractivity contribution in [1.82, 2.24) is 0 Å². The van der Waals surface area contributed by atoms with E-state index in [2.05, 4.69) is 9.47 Å². The molecule has 11 heteroatoms. The molecule has 1 fully saturated rings. The number of hydrogen-bond acceptors (Lipinski definition) is 3. The van der Waals surface area contributed by atoms with Crippen LogP contribution in [-0.2, 0) is 9.47 Å². The van der Waals surface area contributed by atoms with Crippen molar-refractivity contribution in [3.05, 3.63) is 0 Å². The monoisotopic (exact) mass is 274 g/mol. The fourth-order valence-corrected chi connectivity index (χ4v) is 1.02. The van der Waals surface area contributed by atoms with Gasteiger partial charge in [-0.3, -0.25) is 0 Å². The topological polar surface area (TPSA) is 35.5 Å². The zero-order valence-electron chi connectivity index (χ0n) is 7.46. The summed E-state index contributed by atoms with van der Waals surface area (Å²) in [5.74, 6) is -5.84. The summed E-state index contributed by atoms with van der Waals surface area (Å²) in [7, 11) is 0. The van der Waals surface area contributed by atoms with Crippen molar-refractivity contribution in [2.24, 2.45) is 0 Å². The summed E-state index contributed by atoms with van der Waals surface area (Å²) >= 11 is 0. The van der Waals surface area contributed by atoms with Gasteiger partial charge in [-0.15, -0.1) is 0 Å². The van der Waals surface area contributed by atoms with Crippen molar-refractivity contribution >= 4 is 6.16 Å². The summed E-state index contributed by atoms with van der Waals surface area (Å²) < 4.78 is 105. The number of carbonyl (C=O) groups is 1. The van der Waals surface area contributed by atoms with Gasteiger partial charge in [-0.2, -0.15) is 30.7 Å². The Morgan fingerprint density at radius 3 is 1.82 bits per heavy atom. The first-order valence-electron chi connectivity index (χ1n) is 3.72. The minimum atomic E-state index is -6.41. The molecule has 0 aromatic carbocycles. The van der Waals surface area contributed by atoms with Gasteiger partial charge in [0.1, 0.15) is 6.61 Å². The van der Waals surface area contributed by atoms with Crippen LogP contribution in [0.25, 0.3) is 0 Å². The summed E-state index contributed by atoms with van der Waals surface area (Å²) in [5.41, 5.74) is -5.52. The minimum absolute atomic E-state index is 2.39. The first kappa shape index (κ1) is 13.8. The van der Waals surface area contributed by atoms with Crippen LogP contribution in [0.5, 0.6) is 0 Å². The zero-order chi connectivity index (χ0) is 13.7. The summed E-state index contributed by atoms with van der Waals surface area (Å²) in [6, 6.07) is 0. The van der Waals surface area contributed by atoms with E-state index in [1.807, 2.05) is 0 Å². The van der Waals surface area contributed by atoms with E-state index in [0.29, 0.717) is 0 Å². The third-order valence-electron chi connectivity index (χ3n) is 1.94. The second kappa shape index (κ2) is 3.35. The predicted molar refractivity (Wildman–Crippen MR) is 32.2 cm³/mol. The lowest BCUT2D eigenvalue weighted by Crippen LogP contribution is -2.70. The number of alkyl halides is 8. The van der Waals surface area contributed by atoms with Crippen molar-refractivity contribution in [3.8, 4) is 0 Å². The van der Waals surface area contributed by atoms with Gasteiger partial charge in [-0.05, 0) is 0 Å². The van der Waals surface area contributed by atoms with Crippen LogP contribution in [0.4, 0.5) is 39.9 Å². The lowest BCUT2D eigenvalue weighted by atomic mass is 9.95. The van der Waals surface area contributed by atoms with E-state index in [9.17, 15) is 39.9 Å². The number of halogens is 8. The predicted octanol–water partition coefficient (Wildman–Crippen LogP) is 2.65. The van der Waals surface area contributed by atoms with Crippen LogP contribution in [0.15, 0.2) is 0 Å². The Morgan fingerprint density at radius 1 is 1.00 bits per heavy atom. The molecule has 1 aliphatic rings. The molecule has 1 heterocycles. The normalized spacial score (nSPS) is 35.2. The molecule has 0 bridgehead atoms. The van der Waals surface area contributed by atoms with Crippen LogP contribution in [0, 0.1) is 0 Å². The van der Waals surface area contributed by atoms with Gasteiger partial charge < -0.3 is 9.47 Å². The van der Waals surface area contributed by atoms with E-state index in [0.717, 1.165) is 0 Å². The molecule has 0 amide bonds. The van der Waals surface area contributed by atoms with Crippen LogP contribution < -0.4 is 0 Å². The highest BCUT2D eigenvalue weighted by Crippen LogP contribution is 2.54. The SMILES string of the molecule is O=C1OCC(F)(C(F)(F)F)C(F)(C(F)(F)F)O1. The lowest BCUT2D eigenvalue weighted by molar-refractivity contribution is -0.425. The number of carbonyl (C=O) groups excluding carboxylic acids is 1. The molecule has 0 spiro atoms. The Morgan fingerprint density at radius 2 is 1.47 bits per heavy atom. The van der Waals surface area contributed by atoms with Gasteiger partial charge in [0.2, 0.25) is 0 Å². The van der Waals surface area contributed by atoms with Gasteiger partial charge in [0.05, 0.1) is 0 Å². The molecule has 2 atom stereocenters. The highest BCUT2D eigenvalue weighted by atomic mass is 19.4. The average molecular weight is 274 g/mol. The van der Waals surface area contributed by atoms with Crippen LogP contribution >= 0.6 is 0 Å². The Labute approximate surface area is 87.3 Å². The average Bonchev–Trinajstić information content (AvgIpc) is 2.08. The van der Waals surface area contributed by atoms with Gasteiger partial charge in [0, 0.05) is 0 Å². The fourth-order valence-electron chi connectivity index (χ4n) is 1.02.